The molecule has 1 fully saturated rings. The van der Waals surface area contributed by atoms with E-state index in [9.17, 15) is 9.59 Å². The van der Waals surface area contributed by atoms with E-state index >= 15 is 0 Å². The Morgan fingerprint density at radius 1 is 1.00 bits per heavy atom. The highest BCUT2D eigenvalue weighted by molar-refractivity contribution is 6.09. The van der Waals surface area contributed by atoms with Crippen LogP contribution in [-0.4, -0.2) is 45.0 Å². The van der Waals surface area contributed by atoms with Gasteiger partial charge in [-0.15, -0.1) is 0 Å². The van der Waals surface area contributed by atoms with E-state index in [0.717, 1.165) is 18.7 Å². The highest BCUT2D eigenvalue weighted by Gasteiger charge is 2.25. The number of amides is 2. The van der Waals surface area contributed by atoms with Gasteiger partial charge in [0, 0.05) is 35.8 Å². The molecule has 1 aliphatic heterocycles. The van der Waals surface area contributed by atoms with Gasteiger partial charge in [0.2, 0.25) is 0 Å². The topological polar surface area (TPSA) is 91.0 Å². The van der Waals surface area contributed by atoms with Gasteiger partial charge in [-0.2, -0.15) is 5.10 Å². The van der Waals surface area contributed by atoms with Gasteiger partial charge in [0.05, 0.1) is 0 Å². The number of aromatic nitrogens is 3. The first-order chi connectivity index (χ1) is 13.7. The summed E-state index contributed by atoms with van der Waals surface area (Å²) in [6, 6.07) is 16.0. The maximum Gasteiger partial charge on any atom is 0.321 e. The number of hydrogen-bond acceptors (Lipinski definition) is 4. The van der Waals surface area contributed by atoms with Crippen molar-refractivity contribution in [1.29, 1.82) is 0 Å². The molecule has 28 heavy (non-hydrogen) atoms. The SMILES string of the molecule is O=C(c1ccccc1)c1cccc(NC(=O)N2CCC(c3ncn[nH]3)CC2)c1. The van der Waals surface area contributed by atoms with Crippen molar-refractivity contribution in [3.63, 3.8) is 0 Å². The van der Waals surface area contributed by atoms with Gasteiger partial charge in [-0.3, -0.25) is 9.89 Å². The summed E-state index contributed by atoms with van der Waals surface area (Å²) in [6.07, 6.45) is 3.20. The molecule has 2 aromatic carbocycles. The van der Waals surface area contributed by atoms with Crippen LogP contribution in [-0.2, 0) is 0 Å². The number of carbonyl (C=O) groups excluding carboxylic acids is 2. The number of piperidine rings is 1. The molecule has 1 saturated heterocycles. The highest BCUT2D eigenvalue weighted by atomic mass is 16.2. The third-order valence-electron chi connectivity index (χ3n) is 5.01. The average molecular weight is 375 g/mol. The predicted molar refractivity (Wildman–Crippen MR) is 105 cm³/mol. The normalized spacial score (nSPS) is 14.6. The number of nitrogens with one attached hydrogen (secondary N) is 2. The third-order valence-corrected chi connectivity index (χ3v) is 5.01. The van der Waals surface area contributed by atoms with E-state index in [0.29, 0.717) is 35.8 Å². The molecule has 3 aromatic rings. The van der Waals surface area contributed by atoms with Gasteiger partial charge in [0.15, 0.2) is 5.78 Å². The Balaban J connectivity index is 1.38. The largest absolute Gasteiger partial charge is 0.324 e. The van der Waals surface area contributed by atoms with E-state index in [1.165, 1.54) is 6.33 Å². The van der Waals surface area contributed by atoms with Gasteiger partial charge < -0.3 is 10.2 Å². The summed E-state index contributed by atoms with van der Waals surface area (Å²) in [5.74, 6) is 1.12. The fourth-order valence-electron chi connectivity index (χ4n) is 3.46. The lowest BCUT2D eigenvalue weighted by atomic mass is 9.96. The van der Waals surface area contributed by atoms with Gasteiger partial charge in [0.1, 0.15) is 12.2 Å². The molecular formula is C21H21N5O2. The summed E-state index contributed by atoms with van der Waals surface area (Å²) in [7, 11) is 0. The van der Waals surface area contributed by atoms with Crippen LogP contribution in [0, 0.1) is 0 Å². The monoisotopic (exact) mass is 375 g/mol. The number of H-pyrrole nitrogens is 1. The molecule has 7 heteroatoms. The lowest BCUT2D eigenvalue weighted by molar-refractivity contribution is 0.103. The van der Waals surface area contributed by atoms with Crippen LogP contribution in [0.5, 0.6) is 0 Å². The van der Waals surface area contributed by atoms with Crippen molar-refractivity contribution in [1.82, 2.24) is 20.1 Å². The van der Waals surface area contributed by atoms with Crippen molar-refractivity contribution in [2.45, 2.75) is 18.8 Å². The molecule has 0 atom stereocenters. The number of hydrogen-bond donors (Lipinski definition) is 2. The predicted octanol–water partition coefficient (Wildman–Crippen LogP) is 3.45. The average Bonchev–Trinajstić information content (AvgIpc) is 3.29. The summed E-state index contributed by atoms with van der Waals surface area (Å²) in [5.41, 5.74) is 1.79. The van der Waals surface area contributed by atoms with Crippen LogP contribution in [0.4, 0.5) is 10.5 Å². The summed E-state index contributed by atoms with van der Waals surface area (Å²) >= 11 is 0. The van der Waals surface area contributed by atoms with Crippen LogP contribution in [0.3, 0.4) is 0 Å². The van der Waals surface area contributed by atoms with Gasteiger partial charge in [-0.05, 0) is 25.0 Å². The Hall–Kier alpha value is -3.48. The summed E-state index contributed by atoms with van der Waals surface area (Å²) in [5, 5.41) is 9.71. The Labute approximate surface area is 162 Å². The molecule has 2 N–H and O–H groups in total. The Bertz CT molecular complexity index is 948. The van der Waals surface area contributed by atoms with Crippen LogP contribution in [0.25, 0.3) is 0 Å². The third kappa shape index (κ3) is 3.93. The van der Waals surface area contributed by atoms with Gasteiger partial charge in [-0.25, -0.2) is 9.78 Å². The molecule has 0 aliphatic carbocycles. The summed E-state index contributed by atoms with van der Waals surface area (Å²) < 4.78 is 0. The lowest BCUT2D eigenvalue weighted by Gasteiger charge is -2.31. The van der Waals surface area contributed by atoms with Gasteiger partial charge >= 0.3 is 6.03 Å². The fraction of sp³-hybridized carbons (Fsp3) is 0.238. The molecule has 1 aliphatic rings. The minimum Gasteiger partial charge on any atom is -0.324 e. The number of urea groups is 1. The molecule has 0 saturated carbocycles. The molecule has 0 unspecified atom stereocenters. The first-order valence-corrected chi connectivity index (χ1v) is 9.32. The first kappa shape index (κ1) is 17.9. The minimum absolute atomic E-state index is 0.0652. The molecule has 0 bridgehead atoms. The molecular weight excluding hydrogens is 354 g/mol. The number of rotatable bonds is 4. The number of benzene rings is 2. The first-order valence-electron chi connectivity index (χ1n) is 9.32. The fourth-order valence-corrected chi connectivity index (χ4v) is 3.46. The summed E-state index contributed by atoms with van der Waals surface area (Å²) in [4.78, 5) is 31.2. The number of carbonyl (C=O) groups is 2. The lowest BCUT2D eigenvalue weighted by Crippen LogP contribution is -2.40. The van der Waals surface area contributed by atoms with Crippen molar-refractivity contribution in [2.24, 2.45) is 0 Å². The smallest absolute Gasteiger partial charge is 0.321 e. The van der Waals surface area contributed by atoms with Crippen LogP contribution in [0.1, 0.15) is 40.5 Å². The Morgan fingerprint density at radius 2 is 1.75 bits per heavy atom. The number of aromatic amines is 1. The van der Waals surface area contributed by atoms with Crippen LogP contribution >= 0.6 is 0 Å². The molecule has 2 amide bonds. The van der Waals surface area contributed by atoms with E-state index in [1.807, 2.05) is 18.2 Å². The minimum atomic E-state index is -0.152. The van der Waals surface area contributed by atoms with E-state index < -0.39 is 0 Å². The zero-order chi connectivity index (χ0) is 19.3. The molecule has 2 heterocycles. The standard InChI is InChI=1S/C21H21N5O2/c27-19(15-5-2-1-3-6-15)17-7-4-8-18(13-17)24-21(28)26-11-9-16(10-12-26)20-22-14-23-25-20/h1-8,13-14,16H,9-12H2,(H,24,28)(H,22,23,25). The van der Waals surface area contributed by atoms with Crippen molar-refractivity contribution in [3.8, 4) is 0 Å². The second kappa shape index (κ2) is 8.04. The van der Waals surface area contributed by atoms with E-state index in [4.69, 9.17) is 0 Å². The number of ketones is 1. The molecule has 0 spiro atoms. The number of likely N-dealkylation sites (tertiary alicyclic amines) is 1. The van der Waals surface area contributed by atoms with Crippen molar-refractivity contribution < 1.29 is 9.59 Å². The highest BCUT2D eigenvalue weighted by Crippen LogP contribution is 2.25. The Kier molecular flexibility index (Phi) is 5.14. The zero-order valence-electron chi connectivity index (χ0n) is 15.3. The maximum atomic E-state index is 12.6. The second-order valence-corrected chi connectivity index (χ2v) is 6.84. The molecule has 142 valence electrons. The van der Waals surface area contributed by atoms with Crippen molar-refractivity contribution in [2.75, 3.05) is 18.4 Å². The quantitative estimate of drug-likeness (QED) is 0.684. The summed E-state index contributed by atoms with van der Waals surface area (Å²) in [6.45, 7) is 1.31. The number of anilines is 1. The van der Waals surface area contributed by atoms with Crippen molar-refractivity contribution in [3.05, 3.63) is 77.9 Å². The molecule has 7 nitrogen and oxygen atoms in total. The van der Waals surface area contributed by atoms with Crippen LogP contribution in [0.15, 0.2) is 60.9 Å². The maximum absolute atomic E-state index is 12.6. The molecule has 1 aromatic heterocycles. The van der Waals surface area contributed by atoms with Gasteiger partial charge in [-0.1, -0.05) is 42.5 Å². The van der Waals surface area contributed by atoms with Crippen molar-refractivity contribution >= 4 is 17.5 Å². The van der Waals surface area contributed by atoms with Crippen LogP contribution < -0.4 is 5.32 Å². The second-order valence-electron chi connectivity index (χ2n) is 6.84. The van der Waals surface area contributed by atoms with E-state index in [1.54, 1.807) is 41.3 Å². The van der Waals surface area contributed by atoms with Crippen LogP contribution in [0.2, 0.25) is 0 Å². The van der Waals surface area contributed by atoms with E-state index in [2.05, 4.69) is 20.5 Å². The molecule has 0 radical (unpaired) electrons. The van der Waals surface area contributed by atoms with E-state index in [-0.39, 0.29) is 11.8 Å². The molecule has 4 rings (SSSR count). The number of nitrogens with zero attached hydrogens (tertiary/aromatic N) is 3. The Morgan fingerprint density at radius 3 is 2.46 bits per heavy atom. The van der Waals surface area contributed by atoms with Gasteiger partial charge in [0.25, 0.3) is 0 Å². The zero-order valence-corrected chi connectivity index (χ0v) is 15.3.